The molecule has 1 aliphatic rings. The molecule has 0 unspecified atom stereocenters. The number of nitrogens with zero attached hydrogens (tertiary/aromatic N) is 3. The molecule has 0 aliphatic carbocycles. The van der Waals surface area contributed by atoms with Crippen LogP contribution in [-0.4, -0.2) is 22.6 Å². The minimum atomic E-state index is 0.421. The summed E-state index contributed by atoms with van der Waals surface area (Å²) in [6.07, 6.45) is 2.50. The average molecular weight is 258 g/mol. The van der Waals surface area contributed by atoms with Crippen LogP contribution in [0.4, 0.5) is 11.4 Å². The summed E-state index contributed by atoms with van der Waals surface area (Å²) >= 11 is 0. The van der Waals surface area contributed by atoms with Gasteiger partial charge in [0.05, 0.1) is 16.9 Å². The van der Waals surface area contributed by atoms with Crippen LogP contribution in [0.25, 0.3) is 11.0 Å². The number of anilines is 2. The van der Waals surface area contributed by atoms with Gasteiger partial charge in [0.15, 0.2) is 0 Å². The predicted molar refractivity (Wildman–Crippen MR) is 80.7 cm³/mol. The fourth-order valence-electron chi connectivity index (χ4n) is 3.07. The van der Waals surface area contributed by atoms with E-state index in [0.29, 0.717) is 5.92 Å². The first kappa shape index (κ1) is 12.3. The quantitative estimate of drug-likeness (QED) is 0.843. The van der Waals surface area contributed by atoms with E-state index in [0.717, 1.165) is 35.8 Å². The van der Waals surface area contributed by atoms with E-state index in [-0.39, 0.29) is 0 Å². The Balaban J connectivity index is 2.24. The number of aryl methyl sites for hydroxylation is 1. The lowest BCUT2D eigenvalue weighted by Crippen LogP contribution is -2.19. The van der Waals surface area contributed by atoms with E-state index in [4.69, 9.17) is 10.7 Å². The van der Waals surface area contributed by atoms with Crippen LogP contribution in [0, 0.1) is 0 Å². The first-order valence-corrected chi connectivity index (χ1v) is 7.09. The van der Waals surface area contributed by atoms with Gasteiger partial charge in [-0.1, -0.05) is 13.8 Å². The summed E-state index contributed by atoms with van der Waals surface area (Å²) in [5, 5.41) is 0. The monoisotopic (exact) mass is 258 g/mol. The number of hydrogen-bond donors (Lipinski definition) is 1. The van der Waals surface area contributed by atoms with E-state index in [9.17, 15) is 0 Å². The minimum absolute atomic E-state index is 0.421. The summed E-state index contributed by atoms with van der Waals surface area (Å²) in [7, 11) is 2.09. The third-order valence-corrected chi connectivity index (χ3v) is 4.03. The van der Waals surface area contributed by atoms with Crippen molar-refractivity contribution in [1.29, 1.82) is 0 Å². The Morgan fingerprint density at radius 1 is 1.21 bits per heavy atom. The van der Waals surface area contributed by atoms with Crippen molar-refractivity contribution in [2.75, 3.05) is 23.7 Å². The van der Waals surface area contributed by atoms with Gasteiger partial charge < -0.3 is 15.2 Å². The summed E-state index contributed by atoms with van der Waals surface area (Å²) in [5.41, 5.74) is 10.4. The Labute approximate surface area is 114 Å². The van der Waals surface area contributed by atoms with E-state index in [1.165, 1.54) is 18.4 Å². The maximum absolute atomic E-state index is 6.21. The molecule has 2 heterocycles. The molecule has 102 valence electrons. The summed E-state index contributed by atoms with van der Waals surface area (Å²) < 4.78 is 2.19. The normalized spacial score (nSPS) is 15.9. The van der Waals surface area contributed by atoms with Gasteiger partial charge in [0, 0.05) is 26.1 Å². The van der Waals surface area contributed by atoms with Gasteiger partial charge in [-0.15, -0.1) is 0 Å². The summed E-state index contributed by atoms with van der Waals surface area (Å²) in [6, 6.07) is 4.10. The second kappa shape index (κ2) is 4.44. The Morgan fingerprint density at radius 2 is 1.89 bits per heavy atom. The molecule has 0 atom stereocenters. The van der Waals surface area contributed by atoms with Crippen LogP contribution in [0.15, 0.2) is 12.1 Å². The van der Waals surface area contributed by atoms with Gasteiger partial charge >= 0.3 is 0 Å². The van der Waals surface area contributed by atoms with Crippen molar-refractivity contribution in [2.45, 2.75) is 32.6 Å². The zero-order valence-electron chi connectivity index (χ0n) is 12.0. The molecule has 19 heavy (non-hydrogen) atoms. The van der Waals surface area contributed by atoms with E-state index in [1.807, 2.05) is 6.07 Å². The van der Waals surface area contributed by atoms with Gasteiger partial charge in [0.25, 0.3) is 0 Å². The Hall–Kier alpha value is -1.71. The molecule has 3 rings (SSSR count). The van der Waals surface area contributed by atoms with Crippen molar-refractivity contribution in [1.82, 2.24) is 9.55 Å². The third-order valence-electron chi connectivity index (χ3n) is 4.03. The topological polar surface area (TPSA) is 47.1 Å². The maximum atomic E-state index is 6.21. The van der Waals surface area contributed by atoms with Gasteiger partial charge in [-0.25, -0.2) is 4.98 Å². The highest BCUT2D eigenvalue weighted by molar-refractivity contribution is 5.96. The number of nitrogen functional groups attached to an aromatic ring is 1. The van der Waals surface area contributed by atoms with Crippen LogP contribution in [-0.2, 0) is 7.05 Å². The van der Waals surface area contributed by atoms with Crippen molar-refractivity contribution in [3.05, 3.63) is 18.0 Å². The van der Waals surface area contributed by atoms with Crippen molar-refractivity contribution in [3.8, 4) is 0 Å². The molecule has 0 bridgehead atoms. The summed E-state index contributed by atoms with van der Waals surface area (Å²) in [5.74, 6) is 1.55. The summed E-state index contributed by atoms with van der Waals surface area (Å²) in [4.78, 5) is 7.24. The molecule has 1 aromatic heterocycles. The standard InChI is InChI=1S/C15H22N4/c1-10(2)15-17-13-12(18(15)3)7-6-11(16)14(13)19-8-4-5-9-19/h6-7,10H,4-5,8-9,16H2,1-3H3. The molecule has 4 nitrogen and oxygen atoms in total. The van der Waals surface area contributed by atoms with Gasteiger partial charge in [-0.2, -0.15) is 0 Å². The number of fused-ring (bicyclic) bond motifs is 1. The Bertz CT molecular complexity index is 606. The predicted octanol–water partition coefficient (Wildman–Crippen LogP) is 2.88. The maximum Gasteiger partial charge on any atom is 0.114 e. The number of hydrogen-bond acceptors (Lipinski definition) is 3. The second-order valence-electron chi connectivity index (χ2n) is 5.75. The van der Waals surface area contributed by atoms with Gasteiger partial charge in [-0.05, 0) is 25.0 Å². The summed E-state index contributed by atoms with van der Waals surface area (Å²) in [6.45, 7) is 6.55. The van der Waals surface area contributed by atoms with E-state index in [2.05, 4.69) is 36.4 Å². The molecule has 0 spiro atoms. The molecule has 1 fully saturated rings. The molecular weight excluding hydrogens is 236 g/mol. The first-order chi connectivity index (χ1) is 9.09. The SMILES string of the molecule is CC(C)c1nc2c(N3CCCC3)c(N)ccc2n1C. The molecule has 2 aromatic rings. The van der Waals surface area contributed by atoms with Crippen LogP contribution in [0.5, 0.6) is 0 Å². The molecule has 4 heteroatoms. The van der Waals surface area contributed by atoms with Gasteiger partial charge in [0.2, 0.25) is 0 Å². The van der Waals surface area contributed by atoms with Crippen molar-refractivity contribution in [3.63, 3.8) is 0 Å². The Morgan fingerprint density at radius 3 is 2.53 bits per heavy atom. The number of nitrogens with two attached hydrogens (primary N) is 1. The van der Waals surface area contributed by atoms with Crippen molar-refractivity contribution >= 4 is 22.4 Å². The van der Waals surface area contributed by atoms with Crippen LogP contribution < -0.4 is 10.6 Å². The second-order valence-corrected chi connectivity index (χ2v) is 5.75. The number of imidazole rings is 1. The number of rotatable bonds is 2. The molecule has 0 saturated carbocycles. The molecule has 1 aromatic carbocycles. The lowest BCUT2D eigenvalue weighted by atomic mass is 10.2. The molecular formula is C15H22N4. The smallest absolute Gasteiger partial charge is 0.114 e. The number of aromatic nitrogens is 2. The minimum Gasteiger partial charge on any atom is -0.397 e. The zero-order chi connectivity index (χ0) is 13.6. The largest absolute Gasteiger partial charge is 0.397 e. The highest BCUT2D eigenvalue weighted by Gasteiger charge is 2.21. The van der Waals surface area contributed by atoms with E-state index >= 15 is 0 Å². The van der Waals surface area contributed by atoms with E-state index < -0.39 is 0 Å². The zero-order valence-corrected chi connectivity index (χ0v) is 12.0. The Kier molecular flexibility index (Phi) is 2.88. The molecule has 2 N–H and O–H groups in total. The van der Waals surface area contributed by atoms with Gasteiger partial charge in [0.1, 0.15) is 11.3 Å². The van der Waals surface area contributed by atoms with E-state index in [1.54, 1.807) is 0 Å². The van der Waals surface area contributed by atoms with Gasteiger partial charge in [-0.3, -0.25) is 0 Å². The highest BCUT2D eigenvalue weighted by Crippen LogP contribution is 2.35. The lowest BCUT2D eigenvalue weighted by Gasteiger charge is -2.20. The average Bonchev–Trinajstić information content (AvgIpc) is 2.97. The fraction of sp³-hybridized carbons (Fsp3) is 0.533. The van der Waals surface area contributed by atoms with Crippen LogP contribution in [0.3, 0.4) is 0 Å². The molecule has 1 aliphatic heterocycles. The van der Waals surface area contributed by atoms with Crippen molar-refractivity contribution in [2.24, 2.45) is 7.05 Å². The molecule has 1 saturated heterocycles. The highest BCUT2D eigenvalue weighted by atomic mass is 15.2. The van der Waals surface area contributed by atoms with Crippen molar-refractivity contribution < 1.29 is 0 Å². The first-order valence-electron chi connectivity index (χ1n) is 7.09. The number of benzene rings is 1. The third kappa shape index (κ3) is 1.86. The molecule has 0 amide bonds. The van der Waals surface area contributed by atoms with Crippen LogP contribution in [0.1, 0.15) is 38.4 Å². The van der Waals surface area contributed by atoms with Crippen LogP contribution >= 0.6 is 0 Å². The lowest BCUT2D eigenvalue weighted by molar-refractivity contribution is 0.722. The molecule has 0 radical (unpaired) electrons. The fourth-order valence-corrected chi connectivity index (χ4v) is 3.07. The van der Waals surface area contributed by atoms with Crippen LogP contribution in [0.2, 0.25) is 0 Å².